The molecular formula is C52H32N4O. The molecule has 0 saturated heterocycles. The van der Waals surface area contributed by atoms with Crippen LogP contribution in [0.5, 0.6) is 11.5 Å². The first-order valence-electron chi connectivity index (χ1n) is 19.3. The average Bonchev–Trinajstić information content (AvgIpc) is 3.78. The molecule has 1 spiro atoms. The van der Waals surface area contributed by atoms with Crippen molar-refractivity contribution in [2.24, 2.45) is 0 Å². The Bertz CT molecular complexity index is 3160. The number of benzene rings is 8. The maximum Gasteiger partial charge on any atom is 0.238 e. The monoisotopic (exact) mass is 728 g/mol. The first-order chi connectivity index (χ1) is 28.3. The van der Waals surface area contributed by atoms with Gasteiger partial charge in [0.1, 0.15) is 11.5 Å². The molecule has 266 valence electrons. The fourth-order valence-corrected chi connectivity index (χ4v) is 9.35. The highest BCUT2D eigenvalue weighted by atomic mass is 16.5. The van der Waals surface area contributed by atoms with Gasteiger partial charge in [-0.15, -0.1) is 0 Å². The summed E-state index contributed by atoms with van der Waals surface area (Å²) in [4.78, 5) is 15.8. The first-order valence-corrected chi connectivity index (χ1v) is 19.3. The smallest absolute Gasteiger partial charge is 0.238 e. The number of ether oxygens (including phenoxy) is 1. The lowest BCUT2D eigenvalue weighted by atomic mass is 9.66. The second-order valence-electron chi connectivity index (χ2n) is 14.7. The molecular weight excluding hydrogens is 697 g/mol. The van der Waals surface area contributed by atoms with Crippen molar-refractivity contribution < 1.29 is 4.74 Å². The van der Waals surface area contributed by atoms with Crippen molar-refractivity contribution in [1.82, 2.24) is 19.5 Å². The summed E-state index contributed by atoms with van der Waals surface area (Å²) in [5.41, 5.74) is 12.7. The van der Waals surface area contributed by atoms with Crippen LogP contribution < -0.4 is 4.74 Å². The van der Waals surface area contributed by atoms with Crippen LogP contribution in [0.3, 0.4) is 0 Å². The lowest BCUT2D eigenvalue weighted by Gasteiger charge is -2.39. The van der Waals surface area contributed by atoms with Gasteiger partial charge in [-0.05, 0) is 46.0 Å². The van der Waals surface area contributed by atoms with Gasteiger partial charge in [0.2, 0.25) is 5.95 Å². The van der Waals surface area contributed by atoms with Gasteiger partial charge in [0.25, 0.3) is 0 Å². The first kappa shape index (κ1) is 31.7. The molecule has 0 bridgehead atoms. The van der Waals surface area contributed by atoms with E-state index in [9.17, 15) is 0 Å². The highest BCUT2D eigenvalue weighted by molar-refractivity contribution is 6.16. The minimum Gasteiger partial charge on any atom is -0.457 e. The lowest BCUT2D eigenvalue weighted by molar-refractivity contribution is 0.436. The molecule has 57 heavy (non-hydrogen) atoms. The summed E-state index contributed by atoms with van der Waals surface area (Å²) in [5.74, 6) is 3.53. The van der Waals surface area contributed by atoms with E-state index in [4.69, 9.17) is 19.7 Å². The molecule has 3 heterocycles. The van der Waals surface area contributed by atoms with Gasteiger partial charge < -0.3 is 4.74 Å². The van der Waals surface area contributed by atoms with Crippen LogP contribution in [0, 0.1) is 0 Å². The Hall–Kier alpha value is -7.63. The van der Waals surface area contributed by atoms with Crippen molar-refractivity contribution in [3.63, 3.8) is 0 Å². The van der Waals surface area contributed by atoms with E-state index in [2.05, 4.69) is 174 Å². The highest BCUT2D eigenvalue weighted by Crippen LogP contribution is 2.63. The molecule has 5 heteroatoms. The van der Waals surface area contributed by atoms with Crippen molar-refractivity contribution in [3.05, 3.63) is 216 Å². The third kappa shape index (κ3) is 4.54. The number of nitrogens with zero attached hydrogens (tertiary/aromatic N) is 4. The predicted molar refractivity (Wildman–Crippen MR) is 228 cm³/mol. The molecule has 12 rings (SSSR count). The quantitative estimate of drug-likeness (QED) is 0.181. The number of rotatable bonds is 4. The second-order valence-corrected chi connectivity index (χ2v) is 14.7. The van der Waals surface area contributed by atoms with E-state index in [1.54, 1.807) is 0 Å². The van der Waals surface area contributed by atoms with Gasteiger partial charge in [-0.1, -0.05) is 176 Å². The molecule has 5 nitrogen and oxygen atoms in total. The average molecular weight is 729 g/mol. The Balaban J connectivity index is 1.18. The topological polar surface area (TPSA) is 52.8 Å². The van der Waals surface area contributed by atoms with Crippen LogP contribution in [0.1, 0.15) is 22.3 Å². The fourth-order valence-electron chi connectivity index (χ4n) is 9.35. The van der Waals surface area contributed by atoms with Gasteiger partial charge >= 0.3 is 0 Å². The minimum absolute atomic E-state index is 0.566. The van der Waals surface area contributed by atoms with Gasteiger partial charge in [-0.25, -0.2) is 4.98 Å². The Morgan fingerprint density at radius 3 is 1.61 bits per heavy atom. The maximum atomic E-state index is 6.63. The van der Waals surface area contributed by atoms with E-state index in [1.165, 1.54) is 22.3 Å². The summed E-state index contributed by atoms with van der Waals surface area (Å²) >= 11 is 0. The van der Waals surface area contributed by atoms with Crippen molar-refractivity contribution in [1.29, 1.82) is 0 Å². The molecule has 0 amide bonds. The van der Waals surface area contributed by atoms with Crippen molar-refractivity contribution in [2.45, 2.75) is 5.41 Å². The SMILES string of the molecule is c1ccc(-c2ccc(-c3nc(-c4ccccc4)nc(-n4c5ccccc5c5ccc6c(c54)-c4ccccc4C64c5ccccc5Oc5ccccc54)n3)cc2)cc1. The highest BCUT2D eigenvalue weighted by Gasteiger charge is 2.51. The zero-order chi connectivity index (χ0) is 37.5. The molecule has 0 N–H and O–H groups in total. The van der Waals surface area contributed by atoms with Crippen LogP contribution in [0.2, 0.25) is 0 Å². The largest absolute Gasteiger partial charge is 0.457 e. The number of aromatic nitrogens is 4. The molecule has 0 atom stereocenters. The van der Waals surface area contributed by atoms with E-state index in [1.807, 2.05) is 24.3 Å². The van der Waals surface area contributed by atoms with Crippen molar-refractivity contribution in [2.75, 3.05) is 0 Å². The van der Waals surface area contributed by atoms with E-state index >= 15 is 0 Å². The third-order valence-corrected chi connectivity index (χ3v) is 11.7. The number of fused-ring (bicyclic) bond motifs is 13. The van der Waals surface area contributed by atoms with Crippen LogP contribution in [0.25, 0.3) is 72.8 Å². The summed E-state index contributed by atoms with van der Waals surface area (Å²) in [6, 6.07) is 68.2. The van der Waals surface area contributed by atoms with Crippen LogP contribution >= 0.6 is 0 Å². The standard InChI is InChI=1S/C52H32N4O/c1-3-15-33(16-4-1)34-27-29-36(30-28-34)50-53-49(35-17-5-2-6-18-35)54-51(55-50)56-44-24-12-8-19-37(44)38-31-32-43-47(48(38)56)39-20-7-9-21-40(39)52(43)41-22-10-13-25-45(41)57-46-26-14-11-23-42(46)52/h1-32H. The van der Waals surface area contributed by atoms with Gasteiger partial charge in [0, 0.05) is 38.6 Å². The summed E-state index contributed by atoms with van der Waals surface area (Å²) in [6.07, 6.45) is 0. The summed E-state index contributed by atoms with van der Waals surface area (Å²) in [5, 5.41) is 2.28. The molecule has 2 aliphatic rings. The number of hydrogen-bond donors (Lipinski definition) is 0. The van der Waals surface area contributed by atoms with E-state index in [-0.39, 0.29) is 0 Å². The maximum absolute atomic E-state index is 6.63. The van der Waals surface area contributed by atoms with Gasteiger partial charge in [0.15, 0.2) is 11.6 Å². The molecule has 2 aromatic heterocycles. The van der Waals surface area contributed by atoms with Gasteiger partial charge in [-0.3, -0.25) is 4.57 Å². The van der Waals surface area contributed by atoms with E-state index in [0.29, 0.717) is 17.6 Å². The third-order valence-electron chi connectivity index (χ3n) is 11.7. The minimum atomic E-state index is -0.604. The zero-order valence-corrected chi connectivity index (χ0v) is 30.7. The summed E-state index contributed by atoms with van der Waals surface area (Å²) < 4.78 is 8.90. The molecule has 0 fully saturated rings. The number of para-hydroxylation sites is 3. The van der Waals surface area contributed by atoms with Crippen LogP contribution in [0.15, 0.2) is 194 Å². The second kappa shape index (κ2) is 12.2. The number of hydrogen-bond acceptors (Lipinski definition) is 4. The van der Waals surface area contributed by atoms with Crippen LogP contribution in [-0.4, -0.2) is 19.5 Å². The Kier molecular flexibility index (Phi) is 6.78. The van der Waals surface area contributed by atoms with Crippen LogP contribution in [-0.2, 0) is 5.41 Å². The molecule has 0 saturated carbocycles. The lowest BCUT2D eigenvalue weighted by Crippen LogP contribution is -2.32. The molecule has 0 radical (unpaired) electrons. The molecule has 1 aliphatic carbocycles. The molecule has 8 aromatic carbocycles. The summed E-state index contributed by atoms with van der Waals surface area (Å²) in [6.45, 7) is 0. The molecule has 0 unspecified atom stereocenters. The van der Waals surface area contributed by atoms with Crippen molar-refractivity contribution >= 4 is 21.8 Å². The van der Waals surface area contributed by atoms with E-state index < -0.39 is 5.41 Å². The van der Waals surface area contributed by atoms with E-state index in [0.717, 1.165) is 66.7 Å². The van der Waals surface area contributed by atoms with Gasteiger partial charge in [0.05, 0.1) is 16.4 Å². The molecule has 1 aliphatic heterocycles. The Labute approximate surface area is 329 Å². The van der Waals surface area contributed by atoms with Gasteiger partial charge in [-0.2, -0.15) is 9.97 Å². The Morgan fingerprint density at radius 1 is 0.386 bits per heavy atom. The molecule has 10 aromatic rings. The fraction of sp³-hybridized carbons (Fsp3) is 0.0192. The summed E-state index contributed by atoms with van der Waals surface area (Å²) in [7, 11) is 0. The normalized spacial score (nSPS) is 13.2. The van der Waals surface area contributed by atoms with Crippen molar-refractivity contribution in [3.8, 4) is 62.5 Å². The Morgan fingerprint density at radius 2 is 0.912 bits per heavy atom. The zero-order valence-electron chi connectivity index (χ0n) is 30.7. The predicted octanol–water partition coefficient (Wildman–Crippen LogP) is 12.4. The van der Waals surface area contributed by atoms with Crippen LogP contribution in [0.4, 0.5) is 0 Å².